The summed E-state index contributed by atoms with van der Waals surface area (Å²) in [7, 11) is 0. The van der Waals surface area contributed by atoms with Gasteiger partial charge in [0.2, 0.25) is 0 Å². The van der Waals surface area contributed by atoms with E-state index in [0.29, 0.717) is 5.69 Å². The van der Waals surface area contributed by atoms with Crippen LogP contribution in [0.1, 0.15) is 17.7 Å². The molecule has 3 aromatic rings. The van der Waals surface area contributed by atoms with E-state index in [1.54, 1.807) is 22.7 Å². The topological polar surface area (TPSA) is 26.0 Å². The Balaban J connectivity index is 1.82. The number of alkyl halides is 3. The zero-order chi connectivity index (χ0) is 18.5. The lowest BCUT2D eigenvalue weighted by molar-refractivity contribution is -0.275. The number of rotatable bonds is 2. The molecule has 3 nitrogen and oxygen atoms in total. The lowest BCUT2D eigenvalue weighted by atomic mass is 9.87. The van der Waals surface area contributed by atoms with Gasteiger partial charge in [0.15, 0.2) is 0 Å². The molecule has 2 aromatic heterocycles. The summed E-state index contributed by atoms with van der Waals surface area (Å²) < 4.78 is 43.8. The third kappa shape index (κ3) is 2.64. The van der Waals surface area contributed by atoms with Gasteiger partial charge in [-0.2, -0.15) is 13.2 Å². The standard InChI is InChI=1S/C18H11Cl2F3N2O/c19-12-7-11(8-13(20)9-12)17(18(21,22)23)10-15(24-26-17)16-5-1-3-14-4-2-6-25(14)16/h1-9H,10H2. The van der Waals surface area contributed by atoms with Crippen LogP contribution in [0.4, 0.5) is 13.2 Å². The molecule has 0 saturated heterocycles. The van der Waals surface area contributed by atoms with E-state index in [-0.39, 0.29) is 21.3 Å². The fourth-order valence-electron chi connectivity index (χ4n) is 3.13. The van der Waals surface area contributed by atoms with Crippen LogP contribution < -0.4 is 0 Å². The summed E-state index contributed by atoms with van der Waals surface area (Å²) in [4.78, 5) is 5.03. The number of fused-ring (bicyclic) bond motifs is 1. The third-order valence-corrected chi connectivity index (χ3v) is 4.81. The van der Waals surface area contributed by atoms with Gasteiger partial charge < -0.3 is 9.24 Å². The molecule has 1 atom stereocenters. The lowest BCUT2D eigenvalue weighted by Gasteiger charge is -2.29. The molecular formula is C18H11Cl2F3N2O. The van der Waals surface area contributed by atoms with E-state index in [1.165, 1.54) is 18.2 Å². The molecule has 3 heterocycles. The van der Waals surface area contributed by atoms with Crippen LogP contribution in [-0.4, -0.2) is 16.3 Å². The van der Waals surface area contributed by atoms with E-state index in [9.17, 15) is 13.2 Å². The molecular weight excluding hydrogens is 388 g/mol. The van der Waals surface area contributed by atoms with Crippen molar-refractivity contribution in [2.75, 3.05) is 0 Å². The summed E-state index contributed by atoms with van der Waals surface area (Å²) in [5, 5.41) is 3.98. The van der Waals surface area contributed by atoms with Crippen LogP contribution >= 0.6 is 23.2 Å². The summed E-state index contributed by atoms with van der Waals surface area (Å²) in [6.45, 7) is 0. The van der Waals surface area contributed by atoms with Crippen molar-refractivity contribution < 1.29 is 18.0 Å². The van der Waals surface area contributed by atoms with Crippen molar-refractivity contribution >= 4 is 34.4 Å². The van der Waals surface area contributed by atoms with Crippen LogP contribution in [0.3, 0.4) is 0 Å². The van der Waals surface area contributed by atoms with E-state index in [2.05, 4.69) is 5.16 Å². The first kappa shape index (κ1) is 17.2. The fourth-order valence-corrected chi connectivity index (χ4v) is 3.66. The van der Waals surface area contributed by atoms with Crippen molar-refractivity contribution in [3.05, 3.63) is 76.0 Å². The number of nitrogens with zero attached hydrogens (tertiary/aromatic N) is 2. The van der Waals surface area contributed by atoms with Gasteiger partial charge in [0.05, 0.1) is 12.1 Å². The van der Waals surface area contributed by atoms with E-state index in [1.807, 2.05) is 18.2 Å². The summed E-state index contributed by atoms with van der Waals surface area (Å²) in [6, 6.07) is 12.8. The molecule has 0 saturated carbocycles. The largest absolute Gasteiger partial charge is 0.435 e. The number of halogens is 5. The van der Waals surface area contributed by atoms with Crippen LogP contribution in [0, 0.1) is 0 Å². The minimum absolute atomic E-state index is 0.0979. The van der Waals surface area contributed by atoms with E-state index in [0.717, 1.165) is 5.52 Å². The normalized spacial score (nSPS) is 20.3. The van der Waals surface area contributed by atoms with Crippen molar-refractivity contribution in [2.45, 2.75) is 18.2 Å². The molecule has 8 heteroatoms. The Morgan fingerprint density at radius 1 is 1.04 bits per heavy atom. The minimum atomic E-state index is -4.71. The Hall–Kier alpha value is -2.18. The maximum Gasteiger partial charge on any atom is 0.435 e. The predicted molar refractivity (Wildman–Crippen MR) is 93.8 cm³/mol. The van der Waals surface area contributed by atoms with Crippen molar-refractivity contribution in [3.8, 4) is 0 Å². The van der Waals surface area contributed by atoms with E-state index >= 15 is 0 Å². The molecule has 1 unspecified atom stereocenters. The van der Waals surface area contributed by atoms with Gasteiger partial charge in [-0.3, -0.25) is 0 Å². The number of hydrogen-bond acceptors (Lipinski definition) is 2. The van der Waals surface area contributed by atoms with Crippen molar-refractivity contribution in [1.82, 2.24) is 4.40 Å². The van der Waals surface area contributed by atoms with Crippen LogP contribution in [0.5, 0.6) is 0 Å². The van der Waals surface area contributed by atoms with Gasteiger partial charge in [-0.15, -0.1) is 0 Å². The van der Waals surface area contributed by atoms with Gasteiger partial charge >= 0.3 is 6.18 Å². The van der Waals surface area contributed by atoms with Gasteiger partial charge in [-0.25, -0.2) is 0 Å². The zero-order valence-corrected chi connectivity index (χ0v) is 14.6. The smallest absolute Gasteiger partial charge is 0.374 e. The van der Waals surface area contributed by atoms with E-state index in [4.69, 9.17) is 28.0 Å². The van der Waals surface area contributed by atoms with Crippen molar-refractivity contribution in [2.24, 2.45) is 5.16 Å². The van der Waals surface area contributed by atoms with Gasteiger partial charge in [0.25, 0.3) is 5.60 Å². The van der Waals surface area contributed by atoms with Gasteiger partial charge in [0.1, 0.15) is 5.71 Å². The third-order valence-electron chi connectivity index (χ3n) is 4.37. The summed E-state index contributed by atoms with van der Waals surface area (Å²) in [5.41, 5.74) is -1.24. The monoisotopic (exact) mass is 398 g/mol. The molecule has 134 valence electrons. The Morgan fingerprint density at radius 2 is 1.73 bits per heavy atom. The SMILES string of the molecule is FC(F)(F)C1(c2cc(Cl)cc(Cl)c2)CC(c2cccc3cccn23)=NO1. The first-order valence-corrected chi connectivity index (χ1v) is 8.41. The summed E-state index contributed by atoms with van der Waals surface area (Å²) in [6.07, 6.45) is -3.43. The van der Waals surface area contributed by atoms with Gasteiger partial charge in [0, 0.05) is 27.3 Å². The fraction of sp³-hybridized carbons (Fsp3) is 0.167. The Morgan fingerprint density at radius 3 is 2.42 bits per heavy atom. The highest BCUT2D eigenvalue weighted by Gasteiger charge is 2.62. The number of pyridine rings is 1. The van der Waals surface area contributed by atoms with Crippen LogP contribution in [0.2, 0.25) is 10.0 Å². The van der Waals surface area contributed by atoms with Gasteiger partial charge in [-0.05, 0) is 42.5 Å². The minimum Gasteiger partial charge on any atom is -0.374 e. The second-order valence-corrected chi connectivity index (χ2v) is 6.88. The second kappa shape index (κ2) is 5.93. The molecule has 1 aromatic carbocycles. The average molecular weight is 399 g/mol. The molecule has 26 heavy (non-hydrogen) atoms. The Kier molecular flexibility index (Phi) is 3.93. The Labute approximate surface area is 156 Å². The maximum atomic E-state index is 14.0. The number of oxime groups is 1. The molecule has 0 N–H and O–H groups in total. The highest BCUT2D eigenvalue weighted by Crippen LogP contribution is 2.49. The lowest BCUT2D eigenvalue weighted by Crippen LogP contribution is -2.42. The van der Waals surface area contributed by atoms with Crippen molar-refractivity contribution in [3.63, 3.8) is 0 Å². The molecule has 0 amide bonds. The second-order valence-electron chi connectivity index (χ2n) is 6.00. The first-order valence-electron chi connectivity index (χ1n) is 7.65. The van der Waals surface area contributed by atoms with E-state index < -0.39 is 18.2 Å². The van der Waals surface area contributed by atoms with Crippen LogP contribution in [-0.2, 0) is 10.4 Å². The zero-order valence-electron chi connectivity index (χ0n) is 13.1. The summed E-state index contributed by atoms with van der Waals surface area (Å²) in [5.74, 6) is 0. The first-order chi connectivity index (χ1) is 12.3. The molecule has 0 bridgehead atoms. The maximum absolute atomic E-state index is 14.0. The van der Waals surface area contributed by atoms with Gasteiger partial charge in [-0.1, -0.05) is 34.4 Å². The Bertz CT molecular complexity index is 1010. The predicted octanol–water partition coefficient (Wildman–Crippen LogP) is 5.83. The molecule has 0 radical (unpaired) electrons. The highest BCUT2D eigenvalue weighted by molar-refractivity contribution is 6.34. The van der Waals surface area contributed by atoms with Crippen molar-refractivity contribution in [1.29, 1.82) is 0 Å². The number of aromatic nitrogens is 1. The average Bonchev–Trinajstić information content (AvgIpc) is 3.21. The highest BCUT2D eigenvalue weighted by atomic mass is 35.5. The number of hydrogen-bond donors (Lipinski definition) is 0. The molecule has 1 aliphatic heterocycles. The molecule has 1 aliphatic rings. The quantitative estimate of drug-likeness (QED) is 0.533. The van der Waals surface area contributed by atoms with Crippen LogP contribution in [0.15, 0.2) is 59.9 Å². The molecule has 0 aliphatic carbocycles. The molecule has 0 spiro atoms. The summed E-state index contributed by atoms with van der Waals surface area (Å²) >= 11 is 11.8. The number of benzene rings is 1. The molecule has 4 rings (SSSR count). The molecule has 0 fully saturated rings. The van der Waals surface area contributed by atoms with Crippen LogP contribution in [0.25, 0.3) is 5.52 Å².